The number of nitrogens with zero attached hydrogens (tertiary/aromatic N) is 1. The average Bonchev–Trinajstić information content (AvgIpc) is 2.04. The highest BCUT2D eigenvalue weighted by atomic mass is 14.6. The second-order valence-electron chi connectivity index (χ2n) is 3.03. The third-order valence-electron chi connectivity index (χ3n) is 1.98. The van der Waals surface area contributed by atoms with Gasteiger partial charge in [-0.15, -0.1) is 0 Å². The number of hydrogen-bond acceptors (Lipinski definition) is 1. The smallest absolute Gasteiger partial charge is 0.0786 e. The fourth-order valence-electron chi connectivity index (χ4n) is 1.45. The molecule has 1 aromatic heterocycles. The molecule has 2 aromatic rings. The van der Waals surface area contributed by atoms with Crippen LogP contribution in [-0.2, 0) is 0 Å². The summed E-state index contributed by atoms with van der Waals surface area (Å²) in [6, 6.07) is 9.38. The monoisotopic (exact) mass is 156 g/mol. The summed E-state index contributed by atoms with van der Waals surface area (Å²) in [6.07, 6.45) is 1.80. The Labute approximate surface area is 72.1 Å². The summed E-state index contributed by atoms with van der Waals surface area (Å²) < 4.78 is 0. The molecular weight excluding hydrogens is 146 g/mol. The molecule has 0 fully saturated rings. The lowest BCUT2D eigenvalue weighted by Crippen LogP contribution is -1.83. The molecule has 1 heteroatoms. The largest absolute Gasteiger partial charge is 0.256 e. The molecule has 0 saturated carbocycles. The van der Waals surface area contributed by atoms with Crippen LogP contribution >= 0.6 is 0 Å². The maximum absolute atomic E-state index is 4.25. The Balaban J connectivity index is 2.89. The highest BCUT2D eigenvalue weighted by Crippen LogP contribution is 2.16. The second kappa shape index (κ2) is 2.59. The summed E-state index contributed by atoms with van der Waals surface area (Å²) in [6.45, 7) is 4.14. The lowest BCUT2D eigenvalue weighted by molar-refractivity contribution is 1.35. The van der Waals surface area contributed by atoms with Crippen LogP contribution in [0.15, 0.2) is 24.4 Å². The number of fused-ring (bicyclic) bond motifs is 1. The molecule has 0 N–H and O–H groups in total. The summed E-state index contributed by atoms with van der Waals surface area (Å²) in [7, 11) is 0. The fraction of sp³-hybridized carbons (Fsp3) is 0.182. The van der Waals surface area contributed by atoms with Gasteiger partial charge in [0.25, 0.3) is 0 Å². The average molecular weight is 156 g/mol. The third kappa shape index (κ3) is 1.07. The third-order valence-corrected chi connectivity index (χ3v) is 1.98. The molecule has 2 rings (SSSR count). The lowest BCUT2D eigenvalue weighted by Gasteiger charge is -2.01. The van der Waals surface area contributed by atoms with Gasteiger partial charge in [-0.25, -0.2) is 0 Å². The zero-order chi connectivity index (χ0) is 8.55. The molecule has 1 heterocycles. The van der Waals surface area contributed by atoms with E-state index in [1.54, 1.807) is 6.20 Å². The van der Waals surface area contributed by atoms with Crippen LogP contribution in [0.5, 0.6) is 0 Å². The van der Waals surface area contributed by atoms with E-state index in [1.807, 2.05) is 13.0 Å². The van der Waals surface area contributed by atoms with Crippen LogP contribution < -0.4 is 0 Å². The molecule has 12 heavy (non-hydrogen) atoms. The molecule has 0 aliphatic heterocycles. The van der Waals surface area contributed by atoms with E-state index in [2.05, 4.69) is 30.1 Å². The van der Waals surface area contributed by atoms with Crippen molar-refractivity contribution in [1.29, 1.82) is 0 Å². The molecule has 0 bridgehead atoms. The van der Waals surface area contributed by atoms with Crippen LogP contribution in [0, 0.1) is 19.9 Å². The molecule has 0 unspecified atom stereocenters. The first-order chi connectivity index (χ1) is 5.77. The Morgan fingerprint density at radius 2 is 2.17 bits per heavy atom. The molecule has 1 nitrogen and oxygen atoms in total. The molecule has 0 saturated heterocycles. The van der Waals surface area contributed by atoms with Crippen molar-refractivity contribution < 1.29 is 0 Å². The summed E-state index contributed by atoms with van der Waals surface area (Å²) in [5.74, 6) is 0. The number of hydrogen-bond donors (Lipinski definition) is 0. The minimum absolute atomic E-state index is 0.968. The van der Waals surface area contributed by atoms with E-state index in [4.69, 9.17) is 0 Å². The molecule has 0 atom stereocenters. The Hall–Kier alpha value is -1.37. The van der Waals surface area contributed by atoms with Gasteiger partial charge in [0.1, 0.15) is 0 Å². The van der Waals surface area contributed by atoms with Gasteiger partial charge in [-0.05, 0) is 31.0 Å². The molecule has 1 aromatic carbocycles. The normalized spacial score (nSPS) is 10.5. The number of aromatic nitrogens is 1. The van der Waals surface area contributed by atoms with Gasteiger partial charge in [-0.2, -0.15) is 0 Å². The molecule has 0 amide bonds. The second-order valence-corrected chi connectivity index (χ2v) is 3.03. The minimum atomic E-state index is 0.968. The van der Waals surface area contributed by atoms with Gasteiger partial charge >= 0.3 is 0 Å². The number of benzene rings is 1. The van der Waals surface area contributed by atoms with Crippen LogP contribution in [0.3, 0.4) is 0 Å². The van der Waals surface area contributed by atoms with Gasteiger partial charge < -0.3 is 0 Å². The topological polar surface area (TPSA) is 12.9 Å². The Kier molecular flexibility index (Phi) is 1.58. The number of pyridine rings is 1. The number of rotatable bonds is 0. The number of aryl methyl sites for hydroxylation is 2. The van der Waals surface area contributed by atoms with Gasteiger partial charge in [0.15, 0.2) is 0 Å². The minimum Gasteiger partial charge on any atom is -0.256 e. The Bertz CT molecular complexity index is 418. The van der Waals surface area contributed by atoms with Crippen molar-refractivity contribution in [2.24, 2.45) is 0 Å². The first-order valence-corrected chi connectivity index (χ1v) is 4.01. The van der Waals surface area contributed by atoms with Crippen molar-refractivity contribution in [3.63, 3.8) is 0 Å². The van der Waals surface area contributed by atoms with Crippen LogP contribution in [0.2, 0.25) is 0 Å². The van der Waals surface area contributed by atoms with Crippen molar-refractivity contribution in [3.05, 3.63) is 41.6 Å². The zero-order valence-electron chi connectivity index (χ0n) is 7.26. The Morgan fingerprint density at radius 3 is 3.00 bits per heavy atom. The van der Waals surface area contributed by atoms with E-state index in [0.29, 0.717) is 0 Å². The van der Waals surface area contributed by atoms with Crippen LogP contribution in [0.25, 0.3) is 10.9 Å². The van der Waals surface area contributed by atoms with Crippen molar-refractivity contribution in [1.82, 2.24) is 4.98 Å². The maximum atomic E-state index is 4.25. The van der Waals surface area contributed by atoms with E-state index < -0.39 is 0 Å². The summed E-state index contributed by atoms with van der Waals surface area (Å²) in [5.41, 5.74) is 3.39. The van der Waals surface area contributed by atoms with Crippen LogP contribution in [0.4, 0.5) is 0 Å². The highest BCUT2D eigenvalue weighted by molar-refractivity contribution is 5.81. The van der Waals surface area contributed by atoms with Gasteiger partial charge in [0, 0.05) is 17.6 Å². The summed E-state index contributed by atoms with van der Waals surface area (Å²) >= 11 is 0. The van der Waals surface area contributed by atoms with Crippen molar-refractivity contribution in [3.8, 4) is 0 Å². The maximum Gasteiger partial charge on any atom is 0.0786 e. The fourth-order valence-corrected chi connectivity index (χ4v) is 1.45. The first-order valence-electron chi connectivity index (χ1n) is 4.01. The predicted octanol–water partition coefficient (Wildman–Crippen LogP) is 2.65. The van der Waals surface area contributed by atoms with E-state index >= 15 is 0 Å². The van der Waals surface area contributed by atoms with Gasteiger partial charge in [0.2, 0.25) is 0 Å². The summed E-state index contributed by atoms with van der Waals surface area (Å²) in [4.78, 5) is 4.25. The molecule has 0 spiro atoms. The molecular formula is C11H10N. The van der Waals surface area contributed by atoms with Crippen LogP contribution in [0.1, 0.15) is 11.1 Å². The zero-order valence-corrected chi connectivity index (χ0v) is 7.26. The standard InChI is InChI=1S/C11H10N/c1-8-6-9(2)10-4-3-5-12-11(10)7-8/h3-6H,1-2H3. The molecule has 1 radical (unpaired) electrons. The van der Waals surface area contributed by atoms with E-state index in [-0.39, 0.29) is 0 Å². The van der Waals surface area contributed by atoms with Crippen molar-refractivity contribution in [2.45, 2.75) is 13.8 Å². The molecule has 0 aliphatic rings. The highest BCUT2D eigenvalue weighted by Gasteiger charge is 1.97. The van der Waals surface area contributed by atoms with Crippen molar-refractivity contribution >= 4 is 10.9 Å². The lowest BCUT2D eigenvalue weighted by atomic mass is 10.1. The van der Waals surface area contributed by atoms with E-state index in [9.17, 15) is 0 Å². The predicted molar refractivity (Wildman–Crippen MR) is 50.1 cm³/mol. The van der Waals surface area contributed by atoms with Gasteiger partial charge in [0.05, 0.1) is 5.52 Å². The van der Waals surface area contributed by atoms with Gasteiger partial charge in [-0.3, -0.25) is 4.98 Å². The SMILES string of the molecule is Cc1[c]c2ncccc2c(C)c1. The first kappa shape index (κ1) is 7.29. The van der Waals surface area contributed by atoms with Gasteiger partial charge in [-0.1, -0.05) is 12.1 Å². The van der Waals surface area contributed by atoms with Crippen molar-refractivity contribution in [2.75, 3.05) is 0 Å². The van der Waals surface area contributed by atoms with Crippen LogP contribution in [-0.4, -0.2) is 4.98 Å². The van der Waals surface area contributed by atoms with E-state index in [0.717, 1.165) is 11.1 Å². The Morgan fingerprint density at radius 1 is 1.33 bits per heavy atom. The summed E-state index contributed by atoms with van der Waals surface area (Å²) in [5, 5.41) is 1.20. The molecule has 59 valence electrons. The van der Waals surface area contributed by atoms with E-state index in [1.165, 1.54) is 10.9 Å². The molecule has 0 aliphatic carbocycles. The quantitative estimate of drug-likeness (QED) is 0.571.